The number of nitrogens with one attached hydrogen (secondary N) is 2. The molecule has 0 radical (unpaired) electrons. The Bertz CT molecular complexity index is 585. The van der Waals surface area contributed by atoms with E-state index < -0.39 is 0 Å². The van der Waals surface area contributed by atoms with Crippen LogP contribution >= 0.6 is 0 Å². The Hall–Kier alpha value is -2.50. The number of rotatable bonds is 5. The lowest BCUT2D eigenvalue weighted by atomic mass is 10.3. The summed E-state index contributed by atoms with van der Waals surface area (Å²) in [4.78, 5) is 24.2. The molecule has 0 unspecified atom stereocenters. The summed E-state index contributed by atoms with van der Waals surface area (Å²) < 4.78 is 0. The van der Waals surface area contributed by atoms with E-state index >= 15 is 0 Å². The molecular weight excluding hydrogens is 254 g/mol. The van der Waals surface area contributed by atoms with E-state index in [0.29, 0.717) is 18.7 Å². The van der Waals surface area contributed by atoms with Crippen LogP contribution in [0.1, 0.15) is 21.7 Å². The van der Waals surface area contributed by atoms with Crippen molar-refractivity contribution in [3.8, 4) is 0 Å². The molecule has 0 atom stereocenters. The van der Waals surface area contributed by atoms with Gasteiger partial charge in [0.05, 0.1) is 17.0 Å². The molecule has 6 heteroatoms. The zero-order chi connectivity index (χ0) is 14.4. The van der Waals surface area contributed by atoms with Crippen LogP contribution in [0.2, 0.25) is 0 Å². The van der Waals surface area contributed by atoms with Gasteiger partial charge in [-0.15, -0.1) is 0 Å². The molecule has 0 spiro atoms. The summed E-state index contributed by atoms with van der Waals surface area (Å²) in [7, 11) is 0. The van der Waals surface area contributed by atoms with Crippen molar-refractivity contribution in [3.05, 3.63) is 47.7 Å². The summed E-state index contributed by atoms with van der Waals surface area (Å²) in [5.74, 6) is 0.618. The number of aromatic nitrogens is 3. The molecule has 2 heterocycles. The second-order valence-electron chi connectivity index (χ2n) is 4.37. The molecule has 2 rings (SSSR count). The highest BCUT2D eigenvalue weighted by Gasteiger charge is 2.04. The van der Waals surface area contributed by atoms with Crippen molar-refractivity contribution >= 4 is 11.7 Å². The van der Waals surface area contributed by atoms with Gasteiger partial charge in [0, 0.05) is 31.7 Å². The van der Waals surface area contributed by atoms with Gasteiger partial charge in [-0.1, -0.05) is 0 Å². The molecule has 0 aliphatic heterocycles. The lowest BCUT2D eigenvalue weighted by Gasteiger charge is -2.09. The van der Waals surface area contributed by atoms with E-state index in [0.717, 1.165) is 17.2 Å². The van der Waals surface area contributed by atoms with Crippen LogP contribution in [0.15, 0.2) is 30.7 Å². The van der Waals surface area contributed by atoms with Crippen LogP contribution in [-0.4, -0.2) is 33.9 Å². The zero-order valence-corrected chi connectivity index (χ0v) is 11.6. The van der Waals surface area contributed by atoms with Crippen LogP contribution in [0.4, 0.5) is 5.82 Å². The summed E-state index contributed by atoms with van der Waals surface area (Å²) in [6.07, 6.45) is 4.90. The van der Waals surface area contributed by atoms with Gasteiger partial charge in [0.2, 0.25) is 0 Å². The fourth-order valence-electron chi connectivity index (χ4n) is 1.66. The van der Waals surface area contributed by atoms with Crippen LogP contribution < -0.4 is 10.6 Å². The SMILES string of the molecule is Cc1cnc(C)c(NCCNC(=O)c2cccnc2)n1. The monoisotopic (exact) mass is 271 g/mol. The lowest BCUT2D eigenvalue weighted by molar-refractivity contribution is 0.0955. The number of hydrogen-bond acceptors (Lipinski definition) is 5. The Morgan fingerprint density at radius 3 is 2.85 bits per heavy atom. The van der Waals surface area contributed by atoms with Gasteiger partial charge in [0.25, 0.3) is 5.91 Å². The van der Waals surface area contributed by atoms with Gasteiger partial charge in [0.1, 0.15) is 5.82 Å². The third kappa shape index (κ3) is 3.74. The Morgan fingerprint density at radius 1 is 1.25 bits per heavy atom. The Labute approximate surface area is 117 Å². The minimum Gasteiger partial charge on any atom is -0.367 e. The molecule has 0 bridgehead atoms. The third-order valence-electron chi connectivity index (χ3n) is 2.70. The quantitative estimate of drug-likeness (QED) is 0.802. The van der Waals surface area contributed by atoms with Crippen molar-refractivity contribution < 1.29 is 4.79 Å². The topological polar surface area (TPSA) is 79.8 Å². The van der Waals surface area contributed by atoms with E-state index in [1.54, 1.807) is 30.7 Å². The summed E-state index contributed by atoms with van der Waals surface area (Å²) in [5, 5.41) is 5.97. The Morgan fingerprint density at radius 2 is 2.10 bits per heavy atom. The van der Waals surface area contributed by atoms with Gasteiger partial charge in [-0.2, -0.15) is 0 Å². The lowest BCUT2D eigenvalue weighted by Crippen LogP contribution is -2.29. The number of aryl methyl sites for hydroxylation is 2. The van der Waals surface area contributed by atoms with Gasteiger partial charge in [0.15, 0.2) is 0 Å². The fraction of sp³-hybridized carbons (Fsp3) is 0.286. The van der Waals surface area contributed by atoms with Crippen molar-refractivity contribution in [1.82, 2.24) is 20.3 Å². The molecule has 0 aromatic carbocycles. The zero-order valence-electron chi connectivity index (χ0n) is 11.6. The predicted octanol–water partition coefficient (Wildman–Crippen LogP) is 1.33. The molecule has 2 aromatic rings. The second kappa shape index (κ2) is 6.60. The largest absolute Gasteiger partial charge is 0.367 e. The van der Waals surface area contributed by atoms with Crippen LogP contribution in [0.3, 0.4) is 0 Å². The maximum absolute atomic E-state index is 11.8. The van der Waals surface area contributed by atoms with E-state index in [-0.39, 0.29) is 5.91 Å². The Kier molecular flexibility index (Phi) is 4.60. The highest BCUT2D eigenvalue weighted by Crippen LogP contribution is 2.07. The first-order valence-corrected chi connectivity index (χ1v) is 6.39. The second-order valence-corrected chi connectivity index (χ2v) is 4.37. The van der Waals surface area contributed by atoms with Gasteiger partial charge in [-0.3, -0.25) is 14.8 Å². The molecule has 0 aliphatic rings. The summed E-state index contributed by atoms with van der Waals surface area (Å²) in [6.45, 7) is 4.87. The van der Waals surface area contributed by atoms with Crippen molar-refractivity contribution in [1.29, 1.82) is 0 Å². The first kappa shape index (κ1) is 13.9. The Balaban J connectivity index is 1.79. The third-order valence-corrected chi connectivity index (χ3v) is 2.70. The van der Waals surface area contributed by atoms with Gasteiger partial charge in [-0.05, 0) is 26.0 Å². The molecule has 2 N–H and O–H groups in total. The van der Waals surface area contributed by atoms with Crippen LogP contribution in [-0.2, 0) is 0 Å². The summed E-state index contributed by atoms with van der Waals surface area (Å²) in [5.41, 5.74) is 2.26. The molecule has 104 valence electrons. The number of hydrogen-bond donors (Lipinski definition) is 2. The smallest absolute Gasteiger partial charge is 0.252 e. The molecule has 1 amide bonds. The van der Waals surface area contributed by atoms with Gasteiger partial charge < -0.3 is 10.6 Å². The number of amides is 1. The number of carbonyl (C=O) groups is 1. The van der Waals surface area contributed by atoms with Crippen molar-refractivity contribution in [2.75, 3.05) is 18.4 Å². The van der Waals surface area contributed by atoms with E-state index in [4.69, 9.17) is 0 Å². The van der Waals surface area contributed by atoms with Crippen molar-refractivity contribution in [2.24, 2.45) is 0 Å². The average molecular weight is 271 g/mol. The van der Waals surface area contributed by atoms with Crippen molar-refractivity contribution in [3.63, 3.8) is 0 Å². The molecule has 20 heavy (non-hydrogen) atoms. The molecular formula is C14H17N5O. The molecule has 0 saturated heterocycles. The summed E-state index contributed by atoms with van der Waals surface area (Å²) in [6, 6.07) is 3.46. The minimum absolute atomic E-state index is 0.132. The minimum atomic E-state index is -0.132. The number of nitrogens with zero attached hydrogens (tertiary/aromatic N) is 3. The van der Waals surface area contributed by atoms with Crippen LogP contribution in [0.25, 0.3) is 0 Å². The highest BCUT2D eigenvalue weighted by molar-refractivity contribution is 5.93. The molecule has 0 fully saturated rings. The maximum Gasteiger partial charge on any atom is 0.252 e. The van der Waals surface area contributed by atoms with Gasteiger partial charge >= 0.3 is 0 Å². The average Bonchev–Trinajstić information content (AvgIpc) is 2.47. The number of pyridine rings is 1. The van der Waals surface area contributed by atoms with Crippen molar-refractivity contribution in [2.45, 2.75) is 13.8 Å². The first-order chi connectivity index (χ1) is 9.66. The molecule has 2 aromatic heterocycles. The first-order valence-electron chi connectivity index (χ1n) is 6.39. The van der Waals surface area contributed by atoms with E-state index in [1.807, 2.05) is 13.8 Å². The molecule has 0 saturated carbocycles. The number of anilines is 1. The highest BCUT2D eigenvalue weighted by atomic mass is 16.1. The molecule has 0 aliphatic carbocycles. The fourth-order valence-corrected chi connectivity index (χ4v) is 1.66. The standard InChI is InChI=1S/C14H17N5O/c1-10-8-18-11(2)13(19-10)16-6-7-17-14(20)12-4-3-5-15-9-12/h3-5,8-9H,6-7H2,1-2H3,(H,16,19)(H,17,20). The normalized spacial score (nSPS) is 10.1. The van der Waals surface area contributed by atoms with Crippen LogP contribution in [0.5, 0.6) is 0 Å². The number of carbonyl (C=O) groups excluding carboxylic acids is 1. The molecule has 6 nitrogen and oxygen atoms in total. The van der Waals surface area contributed by atoms with E-state index in [1.165, 1.54) is 0 Å². The van der Waals surface area contributed by atoms with E-state index in [9.17, 15) is 4.79 Å². The van der Waals surface area contributed by atoms with Crippen LogP contribution in [0, 0.1) is 13.8 Å². The maximum atomic E-state index is 11.8. The van der Waals surface area contributed by atoms with Gasteiger partial charge in [-0.25, -0.2) is 4.98 Å². The van der Waals surface area contributed by atoms with E-state index in [2.05, 4.69) is 25.6 Å². The predicted molar refractivity (Wildman–Crippen MR) is 76.6 cm³/mol. The summed E-state index contributed by atoms with van der Waals surface area (Å²) >= 11 is 0.